The summed E-state index contributed by atoms with van der Waals surface area (Å²) in [6.07, 6.45) is 2.14. The van der Waals surface area contributed by atoms with Crippen LogP contribution < -0.4 is 10.7 Å². The Bertz CT molecular complexity index is 685. The SMILES string of the molecule is O=C(NCCc1ccccc1)C(=O)NN=Cc1ccc(Br)cc1. The second-order valence-corrected chi connectivity index (χ2v) is 5.66. The van der Waals surface area contributed by atoms with Crippen LogP contribution in [0.25, 0.3) is 0 Å². The van der Waals surface area contributed by atoms with E-state index in [1.165, 1.54) is 6.21 Å². The lowest BCUT2D eigenvalue weighted by Gasteiger charge is -2.04. The van der Waals surface area contributed by atoms with E-state index in [1.54, 1.807) is 0 Å². The van der Waals surface area contributed by atoms with Crippen molar-refractivity contribution < 1.29 is 9.59 Å². The van der Waals surface area contributed by atoms with Gasteiger partial charge < -0.3 is 5.32 Å². The summed E-state index contributed by atoms with van der Waals surface area (Å²) in [4.78, 5) is 23.2. The van der Waals surface area contributed by atoms with Crippen LogP contribution in [0.3, 0.4) is 0 Å². The lowest BCUT2D eigenvalue weighted by molar-refractivity contribution is -0.139. The highest BCUT2D eigenvalue weighted by molar-refractivity contribution is 9.10. The molecule has 0 radical (unpaired) electrons. The van der Waals surface area contributed by atoms with Gasteiger partial charge in [0.05, 0.1) is 6.21 Å². The summed E-state index contributed by atoms with van der Waals surface area (Å²) < 4.78 is 0.955. The van der Waals surface area contributed by atoms with Crippen molar-refractivity contribution in [2.24, 2.45) is 5.10 Å². The summed E-state index contributed by atoms with van der Waals surface area (Å²) in [6, 6.07) is 17.1. The second kappa shape index (κ2) is 8.85. The number of halogens is 1. The molecule has 2 aromatic rings. The van der Waals surface area contributed by atoms with Crippen LogP contribution in [0.2, 0.25) is 0 Å². The van der Waals surface area contributed by atoms with E-state index < -0.39 is 11.8 Å². The molecule has 0 aliphatic carbocycles. The zero-order chi connectivity index (χ0) is 16.5. The Morgan fingerprint density at radius 2 is 1.70 bits per heavy atom. The van der Waals surface area contributed by atoms with Gasteiger partial charge in [0.15, 0.2) is 0 Å². The fourth-order valence-electron chi connectivity index (χ4n) is 1.81. The fourth-order valence-corrected chi connectivity index (χ4v) is 2.07. The molecule has 0 spiro atoms. The maximum Gasteiger partial charge on any atom is 0.329 e. The minimum atomic E-state index is -0.786. The molecule has 0 aromatic heterocycles. The van der Waals surface area contributed by atoms with Crippen molar-refractivity contribution in [3.63, 3.8) is 0 Å². The number of rotatable bonds is 5. The highest BCUT2D eigenvalue weighted by Gasteiger charge is 2.11. The van der Waals surface area contributed by atoms with Crippen molar-refractivity contribution >= 4 is 34.0 Å². The van der Waals surface area contributed by atoms with Crippen molar-refractivity contribution in [2.75, 3.05) is 6.54 Å². The molecule has 0 bridgehead atoms. The number of amides is 2. The molecule has 0 unspecified atom stereocenters. The van der Waals surface area contributed by atoms with Crippen LogP contribution in [0.15, 0.2) is 64.2 Å². The van der Waals surface area contributed by atoms with Crippen molar-refractivity contribution in [2.45, 2.75) is 6.42 Å². The third-order valence-corrected chi connectivity index (χ3v) is 3.53. The van der Waals surface area contributed by atoms with Gasteiger partial charge in [-0.25, -0.2) is 5.43 Å². The van der Waals surface area contributed by atoms with E-state index in [2.05, 4.69) is 31.8 Å². The van der Waals surface area contributed by atoms with Crippen molar-refractivity contribution in [1.82, 2.24) is 10.7 Å². The molecule has 23 heavy (non-hydrogen) atoms. The third-order valence-electron chi connectivity index (χ3n) is 3.00. The number of hydrogen-bond donors (Lipinski definition) is 2. The molecule has 2 rings (SSSR count). The first-order valence-electron chi connectivity index (χ1n) is 7.06. The summed E-state index contributed by atoms with van der Waals surface area (Å²) in [5.74, 6) is -1.49. The number of hydrogen-bond acceptors (Lipinski definition) is 3. The fraction of sp³-hybridized carbons (Fsp3) is 0.118. The standard InChI is InChI=1S/C17H16BrN3O2/c18-15-8-6-14(7-9-15)12-20-21-17(23)16(22)19-11-10-13-4-2-1-3-5-13/h1-9,12H,10-11H2,(H,19,22)(H,21,23). The number of carbonyl (C=O) groups is 2. The first kappa shape index (κ1) is 16.9. The quantitative estimate of drug-likeness (QED) is 0.479. The zero-order valence-corrected chi connectivity index (χ0v) is 13.9. The Kier molecular flexibility index (Phi) is 6.50. The molecule has 6 heteroatoms. The molecule has 0 aliphatic heterocycles. The number of hydrazone groups is 1. The lowest BCUT2D eigenvalue weighted by atomic mass is 10.1. The van der Waals surface area contributed by atoms with Gasteiger partial charge in [-0.05, 0) is 29.7 Å². The van der Waals surface area contributed by atoms with Crippen LogP contribution in [0.5, 0.6) is 0 Å². The van der Waals surface area contributed by atoms with E-state index in [-0.39, 0.29) is 0 Å². The van der Waals surface area contributed by atoms with E-state index in [9.17, 15) is 9.59 Å². The molecule has 2 aromatic carbocycles. The van der Waals surface area contributed by atoms with Crippen LogP contribution >= 0.6 is 15.9 Å². The second-order valence-electron chi connectivity index (χ2n) is 4.74. The van der Waals surface area contributed by atoms with Gasteiger partial charge in [-0.3, -0.25) is 9.59 Å². The van der Waals surface area contributed by atoms with Gasteiger partial charge in [0.2, 0.25) is 0 Å². The molecule has 118 valence electrons. The highest BCUT2D eigenvalue weighted by atomic mass is 79.9. The van der Waals surface area contributed by atoms with Crippen molar-refractivity contribution in [3.8, 4) is 0 Å². The predicted molar refractivity (Wildman–Crippen MR) is 93.0 cm³/mol. The van der Waals surface area contributed by atoms with Gasteiger partial charge in [0.25, 0.3) is 0 Å². The molecular weight excluding hydrogens is 358 g/mol. The number of nitrogens with zero attached hydrogens (tertiary/aromatic N) is 1. The van der Waals surface area contributed by atoms with Crippen LogP contribution in [0.4, 0.5) is 0 Å². The molecule has 2 amide bonds. The first-order chi connectivity index (χ1) is 11.1. The Labute approximate surface area is 142 Å². The van der Waals surface area contributed by atoms with Gasteiger partial charge in [-0.2, -0.15) is 5.10 Å². The van der Waals surface area contributed by atoms with Crippen LogP contribution in [0.1, 0.15) is 11.1 Å². The van der Waals surface area contributed by atoms with Gasteiger partial charge in [-0.15, -0.1) is 0 Å². The normalized spacial score (nSPS) is 10.5. The number of benzene rings is 2. The van der Waals surface area contributed by atoms with Crippen molar-refractivity contribution in [3.05, 3.63) is 70.2 Å². The van der Waals surface area contributed by atoms with E-state index in [4.69, 9.17) is 0 Å². The molecule has 0 aliphatic rings. The average molecular weight is 374 g/mol. The van der Waals surface area contributed by atoms with E-state index in [0.29, 0.717) is 13.0 Å². The molecule has 0 atom stereocenters. The van der Waals surface area contributed by atoms with E-state index in [0.717, 1.165) is 15.6 Å². The van der Waals surface area contributed by atoms with E-state index in [1.807, 2.05) is 54.6 Å². The molecule has 2 N–H and O–H groups in total. The topological polar surface area (TPSA) is 70.6 Å². The molecule has 0 fully saturated rings. The molecule has 0 saturated carbocycles. The van der Waals surface area contributed by atoms with Crippen molar-refractivity contribution in [1.29, 1.82) is 0 Å². The third kappa shape index (κ3) is 6.04. The summed E-state index contributed by atoms with van der Waals surface area (Å²) in [6.45, 7) is 0.396. The summed E-state index contributed by atoms with van der Waals surface area (Å²) in [7, 11) is 0. The molecule has 0 heterocycles. The molecular formula is C17H16BrN3O2. The minimum absolute atomic E-state index is 0.396. The maximum atomic E-state index is 11.6. The first-order valence-corrected chi connectivity index (χ1v) is 7.85. The Morgan fingerprint density at radius 3 is 2.39 bits per heavy atom. The Morgan fingerprint density at radius 1 is 1.00 bits per heavy atom. The van der Waals surface area contributed by atoms with Crippen LogP contribution in [-0.2, 0) is 16.0 Å². The zero-order valence-electron chi connectivity index (χ0n) is 12.3. The number of nitrogens with one attached hydrogen (secondary N) is 2. The maximum absolute atomic E-state index is 11.6. The van der Waals surface area contributed by atoms with E-state index >= 15 is 0 Å². The largest absolute Gasteiger partial charge is 0.347 e. The molecule has 5 nitrogen and oxygen atoms in total. The van der Waals surface area contributed by atoms with Gasteiger partial charge in [0, 0.05) is 11.0 Å². The highest BCUT2D eigenvalue weighted by Crippen LogP contribution is 2.08. The average Bonchev–Trinajstić information content (AvgIpc) is 2.57. The Balaban J connectivity index is 1.72. The predicted octanol–water partition coefficient (Wildman–Crippen LogP) is 2.26. The number of carbonyl (C=O) groups excluding carboxylic acids is 2. The monoisotopic (exact) mass is 373 g/mol. The van der Waals surface area contributed by atoms with Crippen LogP contribution in [-0.4, -0.2) is 24.6 Å². The van der Waals surface area contributed by atoms with Gasteiger partial charge in [-0.1, -0.05) is 58.4 Å². The lowest BCUT2D eigenvalue weighted by Crippen LogP contribution is -2.38. The smallest absolute Gasteiger partial charge is 0.329 e. The Hall–Kier alpha value is -2.47. The molecule has 0 saturated heterocycles. The van der Waals surface area contributed by atoms with Gasteiger partial charge >= 0.3 is 11.8 Å². The van der Waals surface area contributed by atoms with Gasteiger partial charge in [0.1, 0.15) is 0 Å². The van der Waals surface area contributed by atoms with Crippen LogP contribution in [0, 0.1) is 0 Å². The summed E-state index contributed by atoms with van der Waals surface area (Å²) in [5, 5.41) is 6.31. The minimum Gasteiger partial charge on any atom is -0.347 e. The summed E-state index contributed by atoms with van der Waals surface area (Å²) in [5.41, 5.74) is 4.12. The summed E-state index contributed by atoms with van der Waals surface area (Å²) >= 11 is 3.33.